The Kier molecular flexibility index (Phi) is 2.08. The number of hydrogen-bond acceptors (Lipinski definition) is 5. The Morgan fingerprint density at radius 1 is 1.35 bits per heavy atom. The molecule has 0 radical (unpaired) electrons. The summed E-state index contributed by atoms with van der Waals surface area (Å²) in [5.41, 5.74) is 6.42. The normalized spacial score (nSPS) is 11.2. The molecule has 0 fully saturated rings. The van der Waals surface area contributed by atoms with E-state index in [1.807, 2.05) is 6.92 Å². The number of nitrogens with zero attached hydrogens (tertiary/aromatic N) is 4. The van der Waals surface area contributed by atoms with Gasteiger partial charge < -0.3 is 5.73 Å². The van der Waals surface area contributed by atoms with E-state index < -0.39 is 5.82 Å². The second-order valence-corrected chi connectivity index (χ2v) is 4.54. The molecule has 0 saturated heterocycles. The van der Waals surface area contributed by atoms with E-state index in [0.717, 1.165) is 16.4 Å². The molecule has 0 aliphatic carbocycles. The van der Waals surface area contributed by atoms with Gasteiger partial charge in [-0.05, 0) is 25.1 Å². The number of halogens is 1. The Labute approximate surface area is 99.7 Å². The van der Waals surface area contributed by atoms with Crippen LogP contribution in [-0.2, 0) is 0 Å². The lowest BCUT2D eigenvalue weighted by Gasteiger charge is -1.98. The maximum atomic E-state index is 13.1. The van der Waals surface area contributed by atoms with Gasteiger partial charge in [0, 0.05) is 5.56 Å². The van der Waals surface area contributed by atoms with Crippen molar-refractivity contribution < 1.29 is 4.39 Å². The van der Waals surface area contributed by atoms with Gasteiger partial charge in [0.2, 0.25) is 4.96 Å². The molecular weight excluding hydrogens is 241 g/mol. The topological polar surface area (TPSA) is 69.1 Å². The zero-order valence-corrected chi connectivity index (χ0v) is 9.70. The molecule has 0 saturated carbocycles. The van der Waals surface area contributed by atoms with Crippen LogP contribution in [0.2, 0.25) is 0 Å². The van der Waals surface area contributed by atoms with Gasteiger partial charge in [-0.2, -0.15) is 9.61 Å². The van der Waals surface area contributed by atoms with Crippen molar-refractivity contribution in [3.63, 3.8) is 0 Å². The summed E-state index contributed by atoms with van der Waals surface area (Å²) in [6, 6.07) is 4.54. The van der Waals surface area contributed by atoms with Crippen LogP contribution in [-0.4, -0.2) is 19.8 Å². The van der Waals surface area contributed by atoms with Crippen molar-refractivity contribution in [2.75, 3.05) is 5.73 Å². The number of benzene rings is 1. The highest BCUT2D eigenvalue weighted by atomic mass is 32.1. The third-order valence-electron chi connectivity index (χ3n) is 2.39. The van der Waals surface area contributed by atoms with Crippen LogP contribution < -0.4 is 5.73 Å². The number of anilines is 1. The summed E-state index contributed by atoms with van der Waals surface area (Å²) in [6.45, 7) is 1.82. The molecule has 0 atom stereocenters. The van der Waals surface area contributed by atoms with Gasteiger partial charge in [0.1, 0.15) is 10.8 Å². The number of rotatable bonds is 1. The first kappa shape index (κ1) is 10.2. The van der Waals surface area contributed by atoms with E-state index in [1.54, 1.807) is 16.6 Å². The fourth-order valence-electron chi connectivity index (χ4n) is 1.51. The quantitative estimate of drug-likeness (QED) is 0.668. The maximum Gasteiger partial charge on any atom is 0.234 e. The van der Waals surface area contributed by atoms with E-state index in [0.29, 0.717) is 4.96 Å². The minimum absolute atomic E-state index is 0.116. The first-order chi connectivity index (χ1) is 8.15. The summed E-state index contributed by atoms with van der Waals surface area (Å²) < 4.78 is 14.7. The van der Waals surface area contributed by atoms with Crippen molar-refractivity contribution in [1.29, 1.82) is 0 Å². The minimum atomic E-state index is -0.423. The fraction of sp³-hybridized carbons (Fsp3) is 0.100. The molecule has 0 unspecified atom stereocenters. The number of hydrogen-bond donors (Lipinski definition) is 1. The molecule has 2 aromatic heterocycles. The summed E-state index contributed by atoms with van der Waals surface area (Å²) in [5.74, 6) is 0.297. The Hall–Kier alpha value is -2.02. The smallest absolute Gasteiger partial charge is 0.234 e. The van der Waals surface area contributed by atoms with Gasteiger partial charge in [-0.25, -0.2) is 4.39 Å². The van der Waals surface area contributed by atoms with Gasteiger partial charge in [0.25, 0.3) is 0 Å². The fourth-order valence-corrected chi connectivity index (χ4v) is 2.39. The molecule has 0 aliphatic heterocycles. The van der Waals surface area contributed by atoms with E-state index in [1.165, 1.54) is 17.4 Å². The molecule has 2 N–H and O–H groups in total. The van der Waals surface area contributed by atoms with Crippen LogP contribution in [0.1, 0.15) is 5.82 Å². The molecule has 7 heteroatoms. The van der Waals surface area contributed by atoms with Gasteiger partial charge in [0.05, 0.1) is 5.69 Å². The molecular formula is C10H8FN5S. The van der Waals surface area contributed by atoms with E-state index >= 15 is 0 Å². The lowest BCUT2D eigenvalue weighted by molar-refractivity contribution is 0.632. The van der Waals surface area contributed by atoms with Crippen molar-refractivity contribution in [2.24, 2.45) is 0 Å². The molecule has 0 amide bonds. The summed E-state index contributed by atoms with van der Waals surface area (Å²) >= 11 is 1.39. The summed E-state index contributed by atoms with van der Waals surface area (Å²) in [4.78, 5) is 0.709. The van der Waals surface area contributed by atoms with Gasteiger partial charge in [-0.1, -0.05) is 11.3 Å². The van der Waals surface area contributed by atoms with Crippen molar-refractivity contribution >= 4 is 22.0 Å². The highest BCUT2D eigenvalue weighted by Gasteiger charge is 2.11. The highest BCUT2D eigenvalue weighted by molar-refractivity contribution is 7.19. The molecule has 2 heterocycles. The molecule has 17 heavy (non-hydrogen) atoms. The first-order valence-electron chi connectivity index (χ1n) is 4.89. The molecule has 86 valence electrons. The Morgan fingerprint density at radius 3 is 2.88 bits per heavy atom. The number of nitrogen functional groups attached to an aromatic ring is 1. The van der Waals surface area contributed by atoms with Crippen LogP contribution >= 0.6 is 11.3 Å². The third kappa shape index (κ3) is 1.55. The highest BCUT2D eigenvalue weighted by Crippen LogP contribution is 2.27. The number of nitrogens with two attached hydrogens (primary N) is 1. The van der Waals surface area contributed by atoms with Gasteiger partial charge in [-0.15, -0.1) is 10.2 Å². The largest absolute Gasteiger partial charge is 0.396 e. The van der Waals surface area contributed by atoms with Crippen molar-refractivity contribution in [1.82, 2.24) is 19.8 Å². The average Bonchev–Trinajstić information content (AvgIpc) is 2.86. The second-order valence-electron chi connectivity index (χ2n) is 3.59. The van der Waals surface area contributed by atoms with Gasteiger partial charge in [0.15, 0.2) is 5.82 Å². The van der Waals surface area contributed by atoms with E-state index in [9.17, 15) is 4.39 Å². The molecule has 0 bridgehead atoms. The van der Waals surface area contributed by atoms with E-state index in [4.69, 9.17) is 5.73 Å². The third-order valence-corrected chi connectivity index (χ3v) is 3.34. The van der Waals surface area contributed by atoms with Gasteiger partial charge in [-0.3, -0.25) is 0 Å². The van der Waals surface area contributed by atoms with Crippen molar-refractivity contribution in [2.45, 2.75) is 6.92 Å². The molecule has 0 spiro atoms. The second kappa shape index (κ2) is 3.49. The monoisotopic (exact) mass is 249 g/mol. The lowest BCUT2D eigenvalue weighted by Crippen LogP contribution is -1.92. The van der Waals surface area contributed by atoms with Crippen molar-refractivity contribution in [3.8, 4) is 10.6 Å². The zero-order valence-electron chi connectivity index (χ0n) is 8.88. The average molecular weight is 249 g/mol. The predicted molar refractivity (Wildman–Crippen MR) is 63.2 cm³/mol. The lowest BCUT2D eigenvalue weighted by atomic mass is 10.2. The minimum Gasteiger partial charge on any atom is -0.396 e. The van der Waals surface area contributed by atoms with Crippen LogP contribution in [0.5, 0.6) is 0 Å². The standard InChI is InChI=1S/C10H8FN5S/c1-5-13-14-10-16(5)15-9(17-10)6-2-3-7(11)8(12)4-6/h2-4H,12H2,1H3. The Balaban J connectivity index is 2.16. The number of aromatic nitrogens is 4. The Morgan fingerprint density at radius 2 is 2.18 bits per heavy atom. The van der Waals surface area contributed by atoms with Crippen molar-refractivity contribution in [3.05, 3.63) is 29.8 Å². The number of fused-ring (bicyclic) bond motifs is 1. The summed E-state index contributed by atoms with van der Waals surface area (Å²) in [5, 5.41) is 13.0. The van der Waals surface area contributed by atoms with Crippen LogP contribution in [0.3, 0.4) is 0 Å². The molecule has 5 nitrogen and oxygen atoms in total. The number of aryl methyl sites for hydroxylation is 1. The zero-order chi connectivity index (χ0) is 12.0. The van der Waals surface area contributed by atoms with Crippen LogP contribution in [0.4, 0.5) is 10.1 Å². The molecule has 3 aromatic rings. The van der Waals surface area contributed by atoms with E-state index in [2.05, 4.69) is 15.3 Å². The molecule has 1 aromatic carbocycles. The molecule has 3 rings (SSSR count). The van der Waals surface area contributed by atoms with Crippen LogP contribution in [0.15, 0.2) is 18.2 Å². The first-order valence-corrected chi connectivity index (χ1v) is 5.71. The van der Waals surface area contributed by atoms with Gasteiger partial charge >= 0.3 is 0 Å². The van der Waals surface area contributed by atoms with Crippen LogP contribution in [0.25, 0.3) is 15.5 Å². The summed E-state index contributed by atoms with van der Waals surface area (Å²) in [7, 11) is 0. The summed E-state index contributed by atoms with van der Waals surface area (Å²) in [6.07, 6.45) is 0. The Bertz CT molecular complexity index is 702. The SMILES string of the molecule is Cc1nnc2sc(-c3ccc(F)c(N)c3)nn12. The molecule has 0 aliphatic rings. The van der Waals surface area contributed by atoms with Crippen LogP contribution in [0, 0.1) is 12.7 Å². The van der Waals surface area contributed by atoms with E-state index in [-0.39, 0.29) is 5.69 Å². The predicted octanol–water partition coefficient (Wildman–Crippen LogP) is 1.88. The maximum absolute atomic E-state index is 13.1.